The van der Waals surface area contributed by atoms with Crippen molar-refractivity contribution in [2.24, 2.45) is 5.73 Å². The number of ether oxygens (including phenoxy) is 1. The van der Waals surface area contributed by atoms with Gasteiger partial charge in [0, 0.05) is 36.1 Å². The summed E-state index contributed by atoms with van der Waals surface area (Å²) in [4.78, 5) is 16.6. The number of halogens is 6. The lowest BCUT2D eigenvalue weighted by Gasteiger charge is -2.21. The van der Waals surface area contributed by atoms with E-state index in [-0.39, 0.29) is 33.1 Å². The number of alkyl halides is 3. The van der Waals surface area contributed by atoms with Gasteiger partial charge in [0.05, 0.1) is 21.6 Å². The number of carbonyl (C=O) groups excluding carboxylic acids is 1. The predicted octanol–water partition coefficient (Wildman–Crippen LogP) is 4.89. The van der Waals surface area contributed by atoms with Gasteiger partial charge in [-0.3, -0.25) is 9.40 Å². The number of aromatic nitrogens is 3. The zero-order valence-corrected chi connectivity index (χ0v) is 31.1. The van der Waals surface area contributed by atoms with Gasteiger partial charge in [-0.05, 0) is 55.7 Å². The third-order valence-electron chi connectivity index (χ3n) is 7.33. The number of anilines is 1. The molecule has 3 N–H and O–H groups in total. The Balaban J connectivity index is 2.09. The van der Waals surface area contributed by atoms with Crippen molar-refractivity contribution in [3.8, 4) is 23.0 Å². The number of nitrogens with two attached hydrogens (primary N) is 1. The number of hydrogen-bond donors (Lipinski definition) is 2. The SMILES string of the molecule is CC(C)(C#Cc1ccc(-c2ccc(Cl)c3c(NS(=O)(=O)CS(C)(=O)=O)nn(CC(F)(F)F)c23)c(C(Cc2cc(F)cc(F)c2)OC(N)=O)n1)S(C)(=O)=O. The summed E-state index contributed by atoms with van der Waals surface area (Å²) in [6.07, 6.45) is -6.95. The van der Waals surface area contributed by atoms with Gasteiger partial charge in [-0.2, -0.15) is 18.3 Å². The maximum absolute atomic E-state index is 14.2. The van der Waals surface area contributed by atoms with Gasteiger partial charge >= 0.3 is 12.3 Å². The molecule has 0 aliphatic rings. The van der Waals surface area contributed by atoms with E-state index in [1.54, 1.807) is 0 Å². The summed E-state index contributed by atoms with van der Waals surface area (Å²) >= 11 is 6.39. The van der Waals surface area contributed by atoms with Gasteiger partial charge in [-0.1, -0.05) is 23.6 Å². The maximum Gasteiger partial charge on any atom is 0.408 e. The molecule has 4 aromatic rings. The number of sulfone groups is 2. The van der Waals surface area contributed by atoms with Crippen molar-refractivity contribution in [2.75, 3.05) is 22.3 Å². The molecule has 0 aliphatic heterocycles. The quantitative estimate of drug-likeness (QED) is 0.155. The van der Waals surface area contributed by atoms with E-state index in [0.717, 1.165) is 24.5 Å². The summed E-state index contributed by atoms with van der Waals surface area (Å²) in [5.74, 6) is 2.38. The standard InChI is InChI=1S/C31H29ClF5N5O8S3/c1-30(2,52(4,46)47)10-9-20-5-6-21(26(39-20)24(50-29(38)43)13-17-11-18(33)14-19(34)12-17)22-7-8-23(32)25-27(22)42(15-31(35,36)37)40-28(25)41-53(48,49)16-51(3,44)45/h5-8,11-12,14,24H,13,15-16H2,1-4H3,(H2,38,43)(H,40,41). The lowest BCUT2D eigenvalue weighted by atomic mass is 9.95. The molecule has 0 saturated heterocycles. The number of sulfonamides is 1. The molecule has 0 aliphatic carbocycles. The van der Waals surface area contributed by atoms with Crippen molar-refractivity contribution < 1.29 is 56.7 Å². The number of pyridine rings is 1. The summed E-state index contributed by atoms with van der Waals surface area (Å²) in [5, 5.41) is 1.60. The first-order chi connectivity index (χ1) is 24.1. The van der Waals surface area contributed by atoms with Crippen LogP contribution in [0.4, 0.5) is 32.6 Å². The highest BCUT2D eigenvalue weighted by molar-refractivity contribution is 8.08. The van der Waals surface area contributed by atoms with E-state index in [9.17, 15) is 52.0 Å². The molecule has 2 heterocycles. The van der Waals surface area contributed by atoms with Crippen LogP contribution in [0.1, 0.15) is 36.9 Å². The van der Waals surface area contributed by atoms with Crippen LogP contribution in [0.3, 0.4) is 0 Å². The zero-order valence-electron chi connectivity index (χ0n) is 27.9. The van der Waals surface area contributed by atoms with Crippen LogP contribution < -0.4 is 10.5 Å². The minimum absolute atomic E-state index is 0.0814. The highest BCUT2D eigenvalue weighted by Gasteiger charge is 2.34. The number of amides is 1. The molecule has 2 aromatic heterocycles. The lowest BCUT2D eigenvalue weighted by Crippen LogP contribution is -2.28. The molecular formula is C31H29ClF5N5O8S3. The second-order valence-electron chi connectivity index (χ2n) is 12.3. The highest BCUT2D eigenvalue weighted by Crippen LogP contribution is 2.41. The molecule has 0 saturated carbocycles. The molecule has 1 unspecified atom stereocenters. The Kier molecular flexibility index (Phi) is 11.5. The van der Waals surface area contributed by atoms with Gasteiger partial charge in [0.15, 0.2) is 36.7 Å². The number of fused-ring (bicyclic) bond motifs is 1. The van der Waals surface area contributed by atoms with Crippen LogP contribution in [0.2, 0.25) is 5.02 Å². The number of nitrogens with zero attached hydrogens (tertiary/aromatic N) is 3. The number of primary amides is 1. The van der Waals surface area contributed by atoms with E-state index >= 15 is 0 Å². The average Bonchev–Trinajstić information content (AvgIpc) is 3.29. The van der Waals surface area contributed by atoms with Crippen LogP contribution in [0.25, 0.3) is 22.0 Å². The maximum atomic E-state index is 14.2. The molecule has 4 rings (SSSR count). The highest BCUT2D eigenvalue weighted by atomic mass is 35.5. The Morgan fingerprint density at radius 3 is 2.15 bits per heavy atom. The van der Waals surface area contributed by atoms with Crippen molar-refractivity contribution in [1.82, 2.24) is 14.8 Å². The van der Waals surface area contributed by atoms with E-state index < -0.39 is 99.2 Å². The van der Waals surface area contributed by atoms with Crippen LogP contribution in [0, 0.1) is 23.5 Å². The van der Waals surface area contributed by atoms with Crippen LogP contribution in [-0.4, -0.2) is 74.6 Å². The van der Waals surface area contributed by atoms with Crippen LogP contribution in [-0.2, 0) is 47.4 Å². The largest absolute Gasteiger partial charge is 0.439 e. The van der Waals surface area contributed by atoms with Crippen molar-refractivity contribution in [3.05, 3.63) is 76.1 Å². The molecule has 1 atom stereocenters. The first-order valence-electron chi connectivity index (χ1n) is 14.7. The normalized spacial score (nSPS) is 13.3. The fourth-order valence-electron chi connectivity index (χ4n) is 4.91. The second-order valence-corrected chi connectivity index (χ2v) is 19.5. The number of benzene rings is 2. The molecule has 0 spiro atoms. The first kappa shape index (κ1) is 41.2. The summed E-state index contributed by atoms with van der Waals surface area (Å²) in [6.45, 7) is 0.813. The third kappa shape index (κ3) is 10.6. The first-order valence-corrected chi connectivity index (χ1v) is 20.7. The van der Waals surface area contributed by atoms with E-state index in [2.05, 4.69) is 21.9 Å². The van der Waals surface area contributed by atoms with Crippen LogP contribution in [0.15, 0.2) is 42.5 Å². The van der Waals surface area contributed by atoms with Gasteiger partial charge in [0.25, 0.3) is 0 Å². The van der Waals surface area contributed by atoms with Crippen molar-refractivity contribution in [3.63, 3.8) is 0 Å². The van der Waals surface area contributed by atoms with Gasteiger partial charge in [-0.25, -0.2) is 43.8 Å². The topological polar surface area (TPSA) is 197 Å². The van der Waals surface area contributed by atoms with E-state index in [4.69, 9.17) is 22.1 Å². The van der Waals surface area contributed by atoms with Gasteiger partial charge < -0.3 is 10.5 Å². The Bertz CT molecular complexity index is 2500. The molecule has 2 aromatic carbocycles. The summed E-state index contributed by atoms with van der Waals surface area (Å²) in [7, 11) is -12.7. The molecule has 0 fully saturated rings. The predicted molar refractivity (Wildman–Crippen MR) is 186 cm³/mol. The fourth-order valence-corrected chi connectivity index (χ4v) is 8.32. The van der Waals surface area contributed by atoms with Crippen molar-refractivity contribution >= 4 is 64.1 Å². The molecule has 22 heteroatoms. The fraction of sp³-hybridized carbons (Fsp3) is 0.323. The lowest BCUT2D eigenvalue weighted by molar-refractivity contribution is -0.141. The summed E-state index contributed by atoms with van der Waals surface area (Å²) in [6, 6.07) is 7.25. The van der Waals surface area contributed by atoms with Gasteiger partial charge in [0.1, 0.15) is 28.6 Å². The number of rotatable bonds is 11. The number of carbonyl (C=O) groups is 1. The molecule has 0 bridgehead atoms. The van der Waals surface area contributed by atoms with E-state index in [1.807, 2.05) is 4.72 Å². The van der Waals surface area contributed by atoms with Crippen molar-refractivity contribution in [1.29, 1.82) is 0 Å². The minimum atomic E-state index is -4.96. The summed E-state index contributed by atoms with van der Waals surface area (Å²) < 4.78 is 150. The van der Waals surface area contributed by atoms with E-state index in [0.29, 0.717) is 17.0 Å². The number of nitrogens with one attached hydrogen (secondary N) is 1. The van der Waals surface area contributed by atoms with Crippen LogP contribution >= 0.6 is 11.6 Å². The summed E-state index contributed by atoms with van der Waals surface area (Å²) in [5.41, 5.74) is 4.05. The smallest absolute Gasteiger partial charge is 0.408 e. The minimum Gasteiger partial charge on any atom is -0.439 e. The molecule has 1 amide bonds. The average molecular weight is 826 g/mol. The third-order valence-corrected chi connectivity index (χ3v) is 13.1. The van der Waals surface area contributed by atoms with Gasteiger partial charge in [0.2, 0.25) is 10.0 Å². The van der Waals surface area contributed by atoms with Crippen LogP contribution in [0.5, 0.6) is 0 Å². The molecule has 286 valence electrons. The monoisotopic (exact) mass is 825 g/mol. The van der Waals surface area contributed by atoms with E-state index in [1.165, 1.54) is 32.0 Å². The zero-order chi connectivity index (χ0) is 39.9. The molecule has 0 radical (unpaired) electrons. The molecule has 13 nitrogen and oxygen atoms in total. The Labute approximate surface area is 305 Å². The van der Waals surface area contributed by atoms with Crippen molar-refractivity contribution in [2.45, 2.75) is 43.8 Å². The molecule has 53 heavy (non-hydrogen) atoms. The van der Waals surface area contributed by atoms with Gasteiger partial charge in [-0.15, -0.1) is 0 Å². The Hall–Kier alpha value is -4.52. The second kappa shape index (κ2) is 14.7. The number of hydrogen-bond acceptors (Lipinski definition) is 10. The Morgan fingerprint density at radius 2 is 1.60 bits per heavy atom. The Morgan fingerprint density at radius 1 is 1.00 bits per heavy atom. The molecular weight excluding hydrogens is 797 g/mol.